The SMILES string of the molecule is O=C(CCN1CCOCC1)Nc1cc(Cl)ccc1C(=O)c1ccccc1. The highest BCUT2D eigenvalue weighted by molar-refractivity contribution is 6.31. The van der Waals surface area contributed by atoms with Crippen molar-refractivity contribution in [2.24, 2.45) is 0 Å². The fourth-order valence-corrected chi connectivity index (χ4v) is 3.03. The second kappa shape index (κ2) is 8.94. The Bertz CT molecular complexity index is 774. The lowest BCUT2D eigenvalue weighted by Crippen LogP contribution is -2.38. The number of halogens is 1. The normalized spacial score (nSPS) is 14.8. The Balaban J connectivity index is 1.69. The number of nitrogens with zero attached hydrogens (tertiary/aromatic N) is 1. The number of ether oxygens (including phenoxy) is 1. The van der Waals surface area contributed by atoms with Crippen LogP contribution in [0.4, 0.5) is 5.69 Å². The minimum absolute atomic E-state index is 0.138. The lowest BCUT2D eigenvalue weighted by atomic mass is 10.0. The van der Waals surface area contributed by atoms with E-state index in [2.05, 4.69) is 10.2 Å². The summed E-state index contributed by atoms with van der Waals surface area (Å²) in [5, 5.41) is 3.31. The molecule has 1 N–H and O–H groups in total. The van der Waals surface area contributed by atoms with Gasteiger partial charge in [0, 0.05) is 42.2 Å². The zero-order chi connectivity index (χ0) is 18.4. The zero-order valence-electron chi connectivity index (χ0n) is 14.4. The number of rotatable bonds is 6. The van der Waals surface area contributed by atoms with E-state index in [1.165, 1.54) is 0 Å². The molecule has 0 unspecified atom stereocenters. The van der Waals surface area contributed by atoms with Gasteiger partial charge in [-0.3, -0.25) is 14.5 Å². The van der Waals surface area contributed by atoms with Gasteiger partial charge < -0.3 is 10.1 Å². The number of morpholine rings is 1. The van der Waals surface area contributed by atoms with Crippen molar-refractivity contribution in [1.29, 1.82) is 0 Å². The topological polar surface area (TPSA) is 58.6 Å². The van der Waals surface area contributed by atoms with Gasteiger partial charge in [-0.25, -0.2) is 0 Å². The molecular weight excluding hydrogens is 352 g/mol. The van der Waals surface area contributed by atoms with Gasteiger partial charge in [-0.2, -0.15) is 0 Å². The van der Waals surface area contributed by atoms with Crippen LogP contribution in [0.5, 0.6) is 0 Å². The van der Waals surface area contributed by atoms with Crippen LogP contribution in [0.25, 0.3) is 0 Å². The minimum Gasteiger partial charge on any atom is -0.379 e. The maximum absolute atomic E-state index is 12.7. The van der Waals surface area contributed by atoms with Gasteiger partial charge in [0.05, 0.1) is 18.9 Å². The van der Waals surface area contributed by atoms with Crippen LogP contribution in [0, 0.1) is 0 Å². The molecule has 0 aliphatic carbocycles. The van der Waals surface area contributed by atoms with E-state index in [0.717, 1.165) is 13.1 Å². The number of nitrogens with one attached hydrogen (secondary N) is 1. The third-order valence-corrected chi connectivity index (χ3v) is 4.53. The molecular formula is C20H21ClN2O3. The largest absolute Gasteiger partial charge is 0.379 e. The Labute approximate surface area is 157 Å². The van der Waals surface area contributed by atoms with E-state index in [1.54, 1.807) is 30.3 Å². The van der Waals surface area contributed by atoms with Crippen LogP contribution in [0.1, 0.15) is 22.3 Å². The highest BCUT2D eigenvalue weighted by atomic mass is 35.5. The second-order valence-corrected chi connectivity index (χ2v) is 6.57. The summed E-state index contributed by atoms with van der Waals surface area (Å²) in [6.45, 7) is 3.74. The molecule has 0 aromatic heterocycles. The van der Waals surface area contributed by atoms with E-state index in [9.17, 15) is 9.59 Å². The minimum atomic E-state index is -0.147. The van der Waals surface area contributed by atoms with Gasteiger partial charge in [0.2, 0.25) is 5.91 Å². The summed E-state index contributed by atoms with van der Waals surface area (Å²) in [4.78, 5) is 27.3. The highest BCUT2D eigenvalue weighted by Gasteiger charge is 2.17. The molecule has 0 spiro atoms. The lowest BCUT2D eigenvalue weighted by Gasteiger charge is -2.26. The van der Waals surface area contributed by atoms with E-state index in [4.69, 9.17) is 16.3 Å². The van der Waals surface area contributed by atoms with Crippen molar-refractivity contribution in [2.75, 3.05) is 38.2 Å². The first-order valence-corrected chi connectivity index (χ1v) is 9.00. The summed E-state index contributed by atoms with van der Waals surface area (Å²) in [7, 11) is 0. The maximum atomic E-state index is 12.7. The molecule has 26 heavy (non-hydrogen) atoms. The summed E-state index contributed by atoms with van der Waals surface area (Å²) in [6.07, 6.45) is 0.353. The van der Waals surface area contributed by atoms with Crippen LogP contribution in [0.3, 0.4) is 0 Å². The number of carbonyl (C=O) groups excluding carboxylic acids is 2. The van der Waals surface area contributed by atoms with Gasteiger partial charge >= 0.3 is 0 Å². The van der Waals surface area contributed by atoms with Gasteiger partial charge in [-0.1, -0.05) is 41.9 Å². The van der Waals surface area contributed by atoms with Crippen LogP contribution >= 0.6 is 11.6 Å². The van der Waals surface area contributed by atoms with Crippen LogP contribution in [0.15, 0.2) is 48.5 Å². The number of hydrogen-bond donors (Lipinski definition) is 1. The number of amides is 1. The third-order valence-electron chi connectivity index (χ3n) is 4.30. The number of carbonyl (C=O) groups is 2. The Kier molecular flexibility index (Phi) is 6.39. The first-order valence-electron chi connectivity index (χ1n) is 8.63. The molecule has 1 heterocycles. The molecule has 2 aromatic carbocycles. The van der Waals surface area contributed by atoms with Gasteiger partial charge in [-0.15, -0.1) is 0 Å². The number of benzene rings is 2. The zero-order valence-corrected chi connectivity index (χ0v) is 15.2. The van der Waals surface area contributed by atoms with Crippen molar-refractivity contribution in [2.45, 2.75) is 6.42 Å². The Morgan fingerprint density at radius 2 is 1.81 bits per heavy atom. The number of ketones is 1. The molecule has 0 radical (unpaired) electrons. The smallest absolute Gasteiger partial charge is 0.225 e. The summed E-state index contributed by atoms with van der Waals surface area (Å²) >= 11 is 6.07. The molecule has 1 amide bonds. The molecule has 1 saturated heterocycles. The van der Waals surface area contributed by atoms with Crippen LogP contribution < -0.4 is 5.32 Å². The fraction of sp³-hybridized carbons (Fsp3) is 0.300. The summed E-state index contributed by atoms with van der Waals surface area (Å²) < 4.78 is 5.31. The van der Waals surface area contributed by atoms with Crippen molar-refractivity contribution in [1.82, 2.24) is 4.90 Å². The summed E-state index contributed by atoms with van der Waals surface area (Å²) in [5.41, 5.74) is 1.44. The van der Waals surface area contributed by atoms with Crippen LogP contribution in [-0.2, 0) is 9.53 Å². The molecule has 5 nitrogen and oxygen atoms in total. The van der Waals surface area contributed by atoms with Crippen LogP contribution in [-0.4, -0.2) is 49.4 Å². The standard InChI is InChI=1S/C20H21ClN2O3/c21-16-6-7-17(20(25)15-4-2-1-3-5-15)18(14-16)22-19(24)8-9-23-10-12-26-13-11-23/h1-7,14H,8-13H2,(H,22,24). The summed E-state index contributed by atoms with van der Waals surface area (Å²) in [6, 6.07) is 13.9. The molecule has 0 bridgehead atoms. The van der Waals surface area contributed by atoms with E-state index in [0.29, 0.717) is 48.0 Å². The Morgan fingerprint density at radius 1 is 1.08 bits per heavy atom. The fourth-order valence-electron chi connectivity index (χ4n) is 2.86. The quantitative estimate of drug-likeness (QED) is 0.791. The number of anilines is 1. The van der Waals surface area contributed by atoms with Gasteiger partial charge in [0.25, 0.3) is 0 Å². The predicted molar refractivity (Wildman–Crippen MR) is 102 cm³/mol. The van der Waals surface area contributed by atoms with Crippen molar-refractivity contribution in [3.63, 3.8) is 0 Å². The van der Waals surface area contributed by atoms with Crippen molar-refractivity contribution >= 4 is 29.0 Å². The van der Waals surface area contributed by atoms with Gasteiger partial charge in [0.15, 0.2) is 5.78 Å². The van der Waals surface area contributed by atoms with E-state index in [1.807, 2.05) is 18.2 Å². The second-order valence-electron chi connectivity index (χ2n) is 6.14. The highest BCUT2D eigenvalue weighted by Crippen LogP contribution is 2.24. The summed E-state index contributed by atoms with van der Waals surface area (Å²) in [5.74, 6) is -0.286. The molecule has 0 saturated carbocycles. The first kappa shape index (κ1) is 18.6. The maximum Gasteiger partial charge on any atom is 0.225 e. The van der Waals surface area contributed by atoms with E-state index < -0.39 is 0 Å². The van der Waals surface area contributed by atoms with Crippen molar-refractivity contribution in [3.05, 3.63) is 64.7 Å². The molecule has 0 atom stereocenters. The lowest BCUT2D eigenvalue weighted by molar-refractivity contribution is -0.116. The van der Waals surface area contributed by atoms with Crippen LogP contribution in [0.2, 0.25) is 5.02 Å². The Morgan fingerprint density at radius 3 is 2.54 bits per heavy atom. The van der Waals surface area contributed by atoms with E-state index >= 15 is 0 Å². The molecule has 6 heteroatoms. The molecule has 1 aliphatic rings. The molecule has 2 aromatic rings. The average molecular weight is 373 g/mol. The van der Waals surface area contributed by atoms with Gasteiger partial charge in [0.1, 0.15) is 0 Å². The molecule has 1 aliphatic heterocycles. The molecule has 136 valence electrons. The molecule has 3 rings (SSSR count). The monoisotopic (exact) mass is 372 g/mol. The molecule has 1 fully saturated rings. The van der Waals surface area contributed by atoms with Crippen molar-refractivity contribution < 1.29 is 14.3 Å². The predicted octanol–water partition coefficient (Wildman–Crippen LogP) is 3.23. The average Bonchev–Trinajstić information content (AvgIpc) is 2.67. The first-order chi connectivity index (χ1) is 12.6. The Hall–Kier alpha value is -2.21. The van der Waals surface area contributed by atoms with Gasteiger partial charge in [-0.05, 0) is 18.2 Å². The van der Waals surface area contributed by atoms with Crippen molar-refractivity contribution in [3.8, 4) is 0 Å². The van der Waals surface area contributed by atoms with E-state index in [-0.39, 0.29) is 11.7 Å². The number of hydrogen-bond acceptors (Lipinski definition) is 4. The third kappa shape index (κ3) is 4.91.